The number of likely N-dealkylation sites (N-methyl/N-ethyl adjacent to an activating group) is 1. The second kappa shape index (κ2) is 5.96. The van der Waals surface area contributed by atoms with Gasteiger partial charge in [-0.1, -0.05) is 0 Å². The minimum Gasteiger partial charge on any atom is -0.351 e. The van der Waals surface area contributed by atoms with E-state index in [4.69, 9.17) is 0 Å². The Morgan fingerprint density at radius 3 is 2.75 bits per heavy atom. The molecule has 0 aromatic carbocycles. The Labute approximate surface area is 119 Å². The zero-order chi connectivity index (χ0) is 13.8. The van der Waals surface area contributed by atoms with E-state index in [1.54, 1.807) is 12.4 Å². The van der Waals surface area contributed by atoms with Crippen LogP contribution in [0, 0.1) is 0 Å². The Balaban J connectivity index is 1.79. The van der Waals surface area contributed by atoms with Gasteiger partial charge in [-0.2, -0.15) is 0 Å². The number of nitrogens with zero attached hydrogens (tertiary/aromatic N) is 4. The number of hydrogen-bond acceptors (Lipinski definition) is 5. The highest BCUT2D eigenvalue weighted by Crippen LogP contribution is 2.24. The van der Waals surface area contributed by atoms with E-state index in [2.05, 4.69) is 31.5 Å². The number of rotatable bonds is 4. The molecule has 1 atom stereocenters. The average Bonchev–Trinajstić information content (AvgIpc) is 2.97. The molecule has 1 saturated heterocycles. The summed E-state index contributed by atoms with van der Waals surface area (Å²) in [6.07, 6.45) is 5.98. The fourth-order valence-electron chi connectivity index (χ4n) is 2.74. The van der Waals surface area contributed by atoms with E-state index in [0.717, 1.165) is 30.2 Å². The second-order valence-electron chi connectivity index (χ2n) is 5.06. The van der Waals surface area contributed by atoms with Crippen molar-refractivity contribution < 1.29 is 0 Å². The molecular weight excluding hydrogens is 250 g/mol. The van der Waals surface area contributed by atoms with Crippen molar-refractivity contribution in [1.82, 2.24) is 20.5 Å². The van der Waals surface area contributed by atoms with Crippen LogP contribution >= 0.6 is 0 Å². The first kappa shape index (κ1) is 13.0. The summed E-state index contributed by atoms with van der Waals surface area (Å²) in [5.41, 5.74) is 1.94. The maximum atomic E-state index is 4.40. The van der Waals surface area contributed by atoms with Crippen molar-refractivity contribution >= 4 is 5.82 Å². The summed E-state index contributed by atoms with van der Waals surface area (Å²) < 4.78 is 0. The predicted octanol–water partition coefficient (Wildman–Crippen LogP) is 1.73. The minimum atomic E-state index is 0.529. The maximum Gasteiger partial charge on any atom is 0.151 e. The van der Waals surface area contributed by atoms with Gasteiger partial charge in [0.1, 0.15) is 0 Å². The molecule has 0 saturated carbocycles. The third-order valence-electron chi connectivity index (χ3n) is 3.74. The molecule has 104 valence electrons. The molecule has 0 spiro atoms. The van der Waals surface area contributed by atoms with Gasteiger partial charge in [0.2, 0.25) is 0 Å². The molecular formula is C15H19N5. The third kappa shape index (κ3) is 2.63. The van der Waals surface area contributed by atoms with Gasteiger partial charge in [-0.05, 0) is 44.2 Å². The highest BCUT2D eigenvalue weighted by Gasteiger charge is 2.25. The van der Waals surface area contributed by atoms with Gasteiger partial charge in [0.15, 0.2) is 5.82 Å². The molecule has 1 aliphatic heterocycles. The van der Waals surface area contributed by atoms with E-state index in [1.165, 1.54) is 12.8 Å². The molecule has 1 fully saturated rings. The van der Waals surface area contributed by atoms with E-state index in [0.29, 0.717) is 6.04 Å². The van der Waals surface area contributed by atoms with Gasteiger partial charge in [0.25, 0.3) is 0 Å². The summed E-state index contributed by atoms with van der Waals surface area (Å²) >= 11 is 0. The van der Waals surface area contributed by atoms with Crippen LogP contribution in [-0.2, 0) is 0 Å². The molecule has 20 heavy (non-hydrogen) atoms. The van der Waals surface area contributed by atoms with E-state index in [9.17, 15) is 0 Å². The Kier molecular flexibility index (Phi) is 3.87. The third-order valence-corrected chi connectivity index (χ3v) is 3.74. The van der Waals surface area contributed by atoms with E-state index in [-0.39, 0.29) is 0 Å². The number of nitrogens with one attached hydrogen (secondary N) is 1. The smallest absolute Gasteiger partial charge is 0.151 e. The molecule has 2 aromatic rings. The molecule has 3 rings (SSSR count). The predicted molar refractivity (Wildman–Crippen MR) is 79.6 cm³/mol. The molecule has 3 heterocycles. The molecule has 1 aliphatic rings. The first-order chi connectivity index (χ1) is 9.88. The number of hydrogen-bond donors (Lipinski definition) is 1. The topological polar surface area (TPSA) is 53.9 Å². The Morgan fingerprint density at radius 1 is 1.20 bits per heavy atom. The SMILES string of the molecule is CNCC1CCCN1c1ccc(-c2ccncc2)nn1. The largest absolute Gasteiger partial charge is 0.351 e. The molecule has 0 aliphatic carbocycles. The molecule has 0 radical (unpaired) electrons. The lowest BCUT2D eigenvalue weighted by Crippen LogP contribution is -2.37. The summed E-state index contributed by atoms with van der Waals surface area (Å²) in [5.74, 6) is 0.973. The Bertz CT molecular complexity index is 540. The summed E-state index contributed by atoms with van der Waals surface area (Å²) in [4.78, 5) is 6.37. The first-order valence-corrected chi connectivity index (χ1v) is 7.04. The van der Waals surface area contributed by atoms with Crippen LogP contribution < -0.4 is 10.2 Å². The van der Waals surface area contributed by atoms with Gasteiger partial charge in [0, 0.05) is 37.1 Å². The second-order valence-corrected chi connectivity index (χ2v) is 5.06. The van der Waals surface area contributed by atoms with Crippen LogP contribution in [0.1, 0.15) is 12.8 Å². The summed E-state index contributed by atoms with van der Waals surface area (Å²) in [5, 5.41) is 12.0. The molecule has 0 bridgehead atoms. The monoisotopic (exact) mass is 269 g/mol. The van der Waals surface area contributed by atoms with E-state index in [1.807, 2.05) is 25.2 Å². The van der Waals surface area contributed by atoms with Gasteiger partial charge in [-0.25, -0.2) is 0 Å². The van der Waals surface area contributed by atoms with Crippen LogP contribution in [0.25, 0.3) is 11.3 Å². The molecule has 5 nitrogen and oxygen atoms in total. The molecule has 5 heteroatoms. The maximum absolute atomic E-state index is 4.40. The molecule has 1 unspecified atom stereocenters. The zero-order valence-corrected chi connectivity index (χ0v) is 11.7. The fourth-order valence-corrected chi connectivity index (χ4v) is 2.74. The van der Waals surface area contributed by atoms with Crippen molar-refractivity contribution in [3.05, 3.63) is 36.7 Å². The summed E-state index contributed by atoms with van der Waals surface area (Å²) in [7, 11) is 1.99. The van der Waals surface area contributed by atoms with Gasteiger partial charge < -0.3 is 10.2 Å². The Morgan fingerprint density at radius 2 is 2.05 bits per heavy atom. The van der Waals surface area contributed by atoms with Crippen molar-refractivity contribution in [2.45, 2.75) is 18.9 Å². The molecule has 0 amide bonds. The number of pyridine rings is 1. The molecule has 1 N–H and O–H groups in total. The van der Waals surface area contributed by atoms with Crippen LogP contribution in [0.3, 0.4) is 0 Å². The minimum absolute atomic E-state index is 0.529. The lowest BCUT2D eigenvalue weighted by Gasteiger charge is -2.25. The lowest BCUT2D eigenvalue weighted by molar-refractivity contribution is 0.610. The fraction of sp³-hybridized carbons (Fsp3) is 0.400. The average molecular weight is 269 g/mol. The van der Waals surface area contributed by atoms with Gasteiger partial charge in [0.05, 0.1) is 5.69 Å². The van der Waals surface area contributed by atoms with E-state index >= 15 is 0 Å². The van der Waals surface area contributed by atoms with E-state index < -0.39 is 0 Å². The quantitative estimate of drug-likeness (QED) is 0.916. The first-order valence-electron chi connectivity index (χ1n) is 7.04. The zero-order valence-electron chi connectivity index (χ0n) is 11.7. The highest BCUT2D eigenvalue weighted by atomic mass is 15.3. The van der Waals surface area contributed by atoms with Crippen molar-refractivity contribution in [2.24, 2.45) is 0 Å². The van der Waals surface area contributed by atoms with Crippen LogP contribution in [0.15, 0.2) is 36.7 Å². The van der Waals surface area contributed by atoms with Gasteiger partial charge in [-0.3, -0.25) is 4.98 Å². The van der Waals surface area contributed by atoms with Crippen LogP contribution in [0.5, 0.6) is 0 Å². The lowest BCUT2D eigenvalue weighted by atomic mass is 10.2. The van der Waals surface area contributed by atoms with Crippen LogP contribution in [0.4, 0.5) is 5.82 Å². The van der Waals surface area contributed by atoms with Crippen molar-refractivity contribution in [3.8, 4) is 11.3 Å². The summed E-state index contributed by atoms with van der Waals surface area (Å²) in [6.45, 7) is 2.06. The summed E-state index contributed by atoms with van der Waals surface area (Å²) in [6, 6.07) is 8.52. The molecule has 2 aromatic heterocycles. The van der Waals surface area contributed by atoms with Gasteiger partial charge >= 0.3 is 0 Å². The van der Waals surface area contributed by atoms with Crippen molar-refractivity contribution in [2.75, 3.05) is 25.0 Å². The number of anilines is 1. The standard InChI is InChI=1S/C15H19N5/c1-16-11-13-3-2-10-20(13)15-5-4-14(18-19-15)12-6-8-17-9-7-12/h4-9,13,16H,2-3,10-11H2,1H3. The van der Waals surface area contributed by atoms with Crippen LogP contribution in [0.2, 0.25) is 0 Å². The van der Waals surface area contributed by atoms with Crippen molar-refractivity contribution in [3.63, 3.8) is 0 Å². The van der Waals surface area contributed by atoms with Crippen LogP contribution in [-0.4, -0.2) is 41.4 Å². The van der Waals surface area contributed by atoms with Crippen molar-refractivity contribution in [1.29, 1.82) is 0 Å². The van der Waals surface area contributed by atoms with Gasteiger partial charge in [-0.15, -0.1) is 10.2 Å². The normalized spacial score (nSPS) is 18.4. The Hall–Kier alpha value is -2.01. The highest BCUT2D eigenvalue weighted by molar-refractivity contribution is 5.59. The number of aromatic nitrogens is 3.